The lowest BCUT2D eigenvalue weighted by Crippen LogP contribution is -2.27. The number of anilines is 1. The molecule has 0 unspecified atom stereocenters. The number of hydrogen-bond donors (Lipinski definition) is 1. The van der Waals surface area contributed by atoms with Gasteiger partial charge in [-0.05, 0) is 36.8 Å². The minimum absolute atomic E-state index is 0.0289. The summed E-state index contributed by atoms with van der Waals surface area (Å²) in [6.45, 7) is 1.65. The van der Waals surface area contributed by atoms with Crippen molar-refractivity contribution in [2.24, 2.45) is 0 Å². The van der Waals surface area contributed by atoms with Gasteiger partial charge < -0.3 is 5.73 Å². The van der Waals surface area contributed by atoms with Crippen molar-refractivity contribution in [3.05, 3.63) is 59.4 Å². The average Bonchev–Trinajstić information content (AvgIpc) is 2.40. The van der Waals surface area contributed by atoms with E-state index in [2.05, 4.69) is 0 Å². The van der Waals surface area contributed by atoms with Crippen molar-refractivity contribution in [2.75, 3.05) is 12.8 Å². The Morgan fingerprint density at radius 3 is 2.48 bits per heavy atom. The number of halogens is 1. The first kappa shape index (κ1) is 15.5. The summed E-state index contributed by atoms with van der Waals surface area (Å²) < 4.78 is 39.8. The first-order chi connectivity index (χ1) is 9.82. The van der Waals surface area contributed by atoms with E-state index in [1.807, 2.05) is 0 Å². The predicted octanol–water partition coefficient (Wildman–Crippen LogP) is 2.54. The highest BCUT2D eigenvalue weighted by molar-refractivity contribution is 7.89. The fourth-order valence-electron chi connectivity index (χ4n) is 2.08. The third-order valence-electron chi connectivity index (χ3n) is 3.24. The van der Waals surface area contributed by atoms with Gasteiger partial charge in [0, 0.05) is 24.8 Å². The van der Waals surface area contributed by atoms with Crippen molar-refractivity contribution in [3.63, 3.8) is 0 Å². The Hall–Kier alpha value is -1.92. The quantitative estimate of drug-likeness (QED) is 0.883. The molecule has 2 N–H and O–H groups in total. The Bertz CT molecular complexity index is 760. The number of rotatable bonds is 4. The molecule has 0 aliphatic carbocycles. The Kier molecular flexibility index (Phi) is 4.29. The van der Waals surface area contributed by atoms with Gasteiger partial charge in [0.05, 0.1) is 4.90 Å². The lowest BCUT2D eigenvalue weighted by molar-refractivity contribution is 0.456. The second-order valence-electron chi connectivity index (χ2n) is 4.88. The first-order valence-electron chi connectivity index (χ1n) is 6.38. The van der Waals surface area contributed by atoms with E-state index in [9.17, 15) is 12.8 Å². The summed E-state index contributed by atoms with van der Waals surface area (Å²) in [7, 11) is -2.26. The zero-order valence-corrected chi connectivity index (χ0v) is 12.7. The van der Waals surface area contributed by atoms with Crippen LogP contribution in [0.4, 0.5) is 10.1 Å². The fraction of sp³-hybridized carbons (Fsp3) is 0.200. The second kappa shape index (κ2) is 5.83. The van der Waals surface area contributed by atoms with Crippen LogP contribution in [-0.4, -0.2) is 19.8 Å². The molecular weight excluding hydrogens is 291 g/mol. The summed E-state index contributed by atoms with van der Waals surface area (Å²) in [4.78, 5) is 0.176. The first-order valence-corrected chi connectivity index (χ1v) is 7.82. The number of benzene rings is 2. The molecule has 2 aromatic carbocycles. The molecule has 0 bridgehead atoms. The van der Waals surface area contributed by atoms with Gasteiger partial charge in [0.25, 0.3) is 0 Å². The number of nitrogen functional groups attached to an aromatic ring is 1. The zero-order chi connectivity index (χ0) is 15.6. The van der Waals surface area contributed by atoms with Crippen LogP contribution in [-0.2, 0) is 16.6 Å². The predicted molar refractivity (Wildman–Crippen MR) is 80.6 cm³/mol. The molecule has 0 aliphatic rings. The number of aryl methyl sites for hydroxylation is 1. The van der Waals surface area contributed by atoms with Gasteiger partial charge in [-0.3, -0.25) is 0 Å². The van der Waals surface area contributed by atoms with Crippen molar-refractivity contribution >= 4 is 15.7 Å². The molecule has 0 radical (unpaired) electrons. The Morgan fingerprint density at radius 1 is 1.19 bits per heavy atom. The fourth-order valence-corrected chi connectivity index (χ4v) is 3.43. The molecule has 0 fully saturated rings. The SMILES string of the molecule is Cc1cc(N)ccc1S(=O)(=O)N(C)Cc1ccccc1F. The summed E-state index contributed by atoms with van der Waals surface area (Å²) >= 11 is 0. The van der Waals surface area contributed by atoms with E-state index >= 15 is 0 Å². The van der Waals surface area contributed by atoms with Crippen molar-refractivity contribution in [2.45, 2.75) is 18.4 Å². The van der Waals surface area contributed by atoms with Crippen LogP contribution in [0.5, 0.6) is 0 Å². The Balaban J connectivity index is 2.33. The molecule has 0 aromatic heterocycles. The molecular formula is C15H17FN2O2S. The van der Waals surface area contributed by atoms with Gasteiger partial charge in [-0.2, -0.15) is 4.31 Å². The van der Waals surface area contributed by atoms with Crippen LogP contribution < -0.4 is 5.73 Å². The molecule has 0 saturated heterocycles. The maximum absolute atomic E-state index is 13.6. The molecule has 2 rings (SSSR count). The van der Waals surface area contributed by atoms with Crippen molar-refractivity contribution < 1.29 is 12.8 Å². The van der Waals surface area contributed by atoms with Gasteiger partial charge in [-0.1, -0.05) is 18.2 Å². The molecule has 112 valence electrons. The van der Waals surface area contributed by atoms with Gasteiger partial charge in [0.1, 0.15) is 5.82 Å². The minimum Gasteiger partial charge on any atom is -0.399 e. The van der Waals surface area contributed by atoms with Crippen LogP contribution in [0.15, 0.2) is 47.4 Å². The lowest BCUT2D eigenvalue weighted by atomic mass is 10.2. The smallest absolute Gasteiger partial charge is 0.243 e. The molecule has 2 aromatic rings. The zero-order valence-electron chi connectivity index (χ0n) is 11.9. The maximum Gasteiger partial charge on any atom is 0.243 e. The highest BCUT2D eigenvalue weighted by atomic mass is 32.2. The van der Waals surface area contributed by atoms with Crippen LogP contribution in [0.2, 0.25) is 0 Å². The molecule has 0 heterocycles. The number of nitrogens with two attached hydrogens (primary N) is 1. The highest BCUT2D eigenvalue weighted by Gasteiger charge is 2.23. The summed E-state index contributed by atoms with van der Waals surface area (Å²) in [5.41, 5.74) is 7.03. The largest absolute Gasteiger partial charge is 0.399 e. The van der Waals surface area contributed by atoms with Crippen LogP contribution in [0.1, 0.15) is 11.1 Å². The van der Waals surface area contributed by atoms with E-state index < -0.39 is 15.8 Å². The average molecular weight is 308 g/mol. The topological polar surface area (TPSA) is 63.4 Å². The van der Waals surface area contributed by atoms with E-state index in [0.29, 0.717) is 16.8 Å². The molecule has 6 heteroatoms. The molecule has 0 amide bonds. The number of hydrogen-bond acceptors (Lipinski definition) is 3. The molecule has 0 aliphatic heterocycles. The number of nitrogens with zero attached hydrogens (tertiary/aromatic N) is 1. The van der Waals surface area contributed by atoms with Gasteiger partial charge in [0.15, 0.2) is 0 Å². The summed E-state index contributed by atoms with van der Waals surface area (Å²) in [5, 5.41) is 0. The van der Waals surface area contributed by atoms with Gasteiger partial charge in [-0.25, -0.2) is 12.8 Å². The summed E-state index contributed by atoms with van der Waals surface area (Å²) in [6.07, 6.45) is 0. The second-order valence-corrected chi connectivity index (χ2v) is 6.89. The lowest BCUT2D eigenvalue weighted by Gasteiger charge is -2.19. The Labute approximate surface area is 124 Å². The van der Waals surface area contributed by atoms with Gasteiger partial charge >= 0.3 is 0 Å². The molecule has 0 saturated carbocycles. The van der Waals surface area contributed by atoms with Gasteiger partial charge in [-0.15, -0.1) is 0 Å². The number of sulfonamides is 1. The van der Waals surface area contributed by atoms with Crippen molar-refractivity contribution in [1.29, 1.82) is 0 Å². The van der Waals surface area contributed by atoms with Gasteiger partial charge in [0.2, 0.25) is 10.0 Å². The van der Waals surface area contributed by atoms with Crippen LogP contribution in [0.3, 0.4) is 0 Å². The van der Waals surface area contributed by atoms with E-state index in [4.69, 9.17) is 5.73 Å². The third kappa shape index (κ3) is 3.22. The maximum atomic E-state index is 13.6. The minimum atomic E-state index is -3.69. The van der Waals surface area contributed by atoms with Crippen LogP contribution in [0.25, 0.3) is 0 Å². The van der Waals surface area contributed by atoms with Crippen molar-refractivity contribution in [1.82, 2.24) is 4.31 Å². The summed E-state index contributed by atoms with van der Waals surface area (Å²) in [5.74, 6) is -0.423. The molecule has 0 spiro atoms. The molecule has 21 heavy (non-hydrogen) atoms. The van der Waals surface area contributed by atoms with E-state index in [1.165, 1.54) is 25.2 Å². The third-order valence-corrected chi connectivity index (χ3v) is 5.20. The normalized spacial score (nSPS) is 11.8. The van der Waals surface area contributed by atoms with E-state index in [0.717, 1.165) is 4.31 Å². The molecule has 4 nitrogen and oxygen atoms in total. The van der Waals surface area contributed by atoms with E-state index in [1.54, 1.807) is 31.2 Å². The monoisotopic (exact) mass is 308 g/mol. The van der Waals surface area contributed by atoms with Crippen molar-refractivity contribution in [3.8, 4) is 0 Å². The molecule has 0 atom stereocenters. The summed E-state index contributed by atoms with van der Waals surface area (Å²) in [6, 6.07) is 10.7. The highest BCUT2D eigenvalue weighted by Crippen LogP contribution is 2.22. The van der Waals surface area contributed by atoms with E-state index in [-0.39, 0.29) is 11.4 Å². The van der Waals surface area contributed by atoms with Crippen LogP contribution in [0, 0.1) is 12.7 Å². The Morgan fingerprint density at radius 2 is 1.86 bits per heavy atom. The standard InChI is InChI=1S/C15H17FN2O2S/c1-11-9-13(17)7-8-15(11)21(19,20)18(2)10-12-5-3-4-6-14(12)16/h3-9H,10,17H2,1-2H3. The van der Waals surface area contributed by atoms with Crippen LogP contribution >= 0.6 is 0 Å².